The van der Waals surface area contributed by atoms with E-state index in [9.17, 15) is 14.7 Å². The number of benzene rings is 1. The van der Waals surface area contributed by atoms with Crippen LogP contribution in [0.25, 0.3) is 0 Å². The number of hydrogen-bond acceptors (Lipinski definition) is 4. The van der Waals surface area contributed by atoms with Crippen LogP contribution in [-0.4, -0.2) is 54.5 Å². The molecule has 1 unspecified atom stereocenters. The van der Waals surface area contributed by atoms with Crippen molar-refractivity contribution in [3.8, 4) is 0 Å². The molecule has 154 valence electrons. The van der Waals surface area contributed by atoms with Crippen LogP contribution in [0, 0.1) is 0 Å². The number of hydrogen-bond donors (Lipinski definition) is 3. The Morgan fingerprint density at radius 2 is 2.21 bits per heavy atom. The summed E-state index contributed by atoms with van der Waals surface area (Å²) in [5.74, 6) is 0. The molecule has 2 aliphatic rings. The van der Waals surface area contributed by atoms with Gasteiger partial charge >= 0.3 is 12.1 Å². The van der Waals surface area contributed by atoms with Gasteiger partial charge in [0.05, 0.1) is 6.17 Å². The van der Waals surface area contributed by atoms with Crippen molar-refractivity contribution < 1.29 is 14.7 Å². The largest absolute Gasteiger partial charge is 0.465 e. The Labute approximate surface area is 167 Å². The summed E-state index contributed by atoms with van der Waals surface area (Å²) in [7, 11) is 2.13. The van der Waals surface area contributed by atoms with Crippen LogP contribution in [0.2, 0.25) is 0 Å². The third-order valence-corrected chi connectivity index (χ3v) is 6.33. The quantitative estimate of drug-likeness (QED) is 0.697. The van der Waals surface area contributed by atoms with Crippen LogP contribution in [0.4, 0.5) is 15.3 Å². The number of urea groups is 1. The van der Waals surface area contributed by atoms with Gasteiger partial charge in [0.15, 0.2) is 0 Å². The van der Waals surface area contributed by atoms with E-state index in [4.69, 9.17) is 0 Å². The normalized spacial score (nSPS) is 23.9. The number of nitrogens with zero attached hydrogens (tertiary/aromatic N) is 2. The Bertz CT molecular complexity index is 753. The number of imide groups is 1. The number of carboxylic acid groups (broad SMARTS) is 1. The molecule has 3 rings (SSSR count). The van der Waals surface area contributed by atoms with Crippen LogP contribution in [0.5, 0.6) is 0 Å². The van der Waals surface area contributed by atoms with E-state index in [1.54, 1.807) is 0 Å². The number of nitrogens with one attached hydrogen (secondary N) is 2. The Balaban J connectivity index is 1.64. The maximum absolute atomic E-state index is 12.2. The first-order valence-corrected chi connectivity index (χ1v) is 10.2. The molecular formula is C21H32N4O3. The van der Waals surface area contributed by atoms with Crippen molar-refractivity contribution in [2.24, 2.45) is 0 Å². The summed E-state index contributed by atoms with van der Waals surface area (Å²) >= 11 is 0. The number of aryl methyl sites for hydroxylation is 1. The first-order chi connectivity index (χ1) is 13.3. The van der Waals surface area contributed by atoms with Gasteiger partial charge in [-0.3, -0.25) is 5.32 Å². The maximum Gasteiger partial charge on any atom is 0.415 e. The van der Waals surface area contributed by atoms with Crippen LogP contribution in [0.1, 0.15) is 51.2 Å². The van der Waals surface area contributed by atoms with Crippen LogP contribution < -0.4 is 15.5 Å². The Morgan fingerprint density at radius 1 is 1.46 bits per heavy atom. The van der Waals surface area contributed by atoms with Crippen LogP contribution in [0.15, 0.2) is 18.2 Å². The zero-order valence-electron chi connectivity index (χ0n) is 17.3. The van der Waals surface area contributed by atoms with Gasteiger partial charge in [0, 0.05) is 30.7 Å². The number of amides is 3. The summed E-state index contributed by atoms with van der Waals surface area (Å²) in [4.78, 5) is 26.8. The molecule has 3 N–H and O–H groups in total. The van der Waals surface area contributed by atoms with E-state index in [-0.39, 0.29) is 18.0 Å². The second kappa shape index (κ2) is 7.99. The second-order valence-corrected chi connectivity index (χ2v) is 8.28. The van der Waals surface area contributed by atoms with Gasteiger partial charge < -0.3 is 15.3 Å². The highest BCUT2D eigenvalue weighted by molar-refractivity contribution is 5.90. The van der Waals surface area contributed by atoms with Crippen molar-refractivity contribution in [3.05, 3.63) is 29.3 Å². The van der Waals surface area contributed by atoms with E-state index in [1.807, 2.05) is 13.8 Å². The summed E-state index contributed by atoms with van der Waals surface area (Å²) in [5.41, 5.74) is 3.94. The highest BCUT2D eigenvalue weighted by Gasteiger charge is 2.49. The molecular weight excluding hydrogens is 356 g/mol. The average molecular weight is 389 g/mol. The van der Waals surface area contributed by atoms with E-state index in [0.717, 1.165) is 30.7 Å². The van der Waals surface area contributed by atoms with Gasteiger partial charge in [0.2, 0.25) is 0 Å². The molecule has 3 amide bonds. The number of carbonyl (C=O) groups excluding carboxylic acids is 1. The van der Waals surface area contributed by atoms with Crippen molar-refractivity contribution in [3.63, 3.8) is 0 Å². The summed E-state index contributed by atoms with van der Waals surface area (Å²) in [5, 5.41) is 15.7. The zero-order chi connectivity index (χ0) is 20.5. The summed E-state index contributed by atoms with van der Waals surface area (Å²) in [6.45, 7) is 7.34. The number of likely N-dealkylation sites (N-methyl/N-ethyl adjacent to an activating group) is 1. The first kappa shape index (κ1) is 20.5. The van der Waals surface area contributed by atoms with Crippen LogP contribution >= 0.6 is 0 Å². The van der Waals surface area contributed by atoms with Crippen LogP contribution in [-0.2, 0) is 11.8 Å². The van der Waals surface area contributed by atoms with Crippen molar-refractivity contribution in [2.75, 3.05) is 25.0 Å². The minimum Gasteiger partial charge on any atom is -0.465 e. The van der Waals surface area contributed by atoms with Gasteiger partial charge in [-0.05, 0) is 56.3 Å². The molecule has 1 aromatic carbocycles. The molecule has 7 nitrogen and oxygen atoms in total. The van der Waals surface area contributed by atoms with E-state index in [0.29, 0.717) is 12.6 Å². The molecule has 0 saturated carbocycles. The molecule has 1 aromatic rings. The SMILES string of the molecule is CCC(C)NC(=O)N(CCCc1ccc2c(c1)[C@]1(C)CCN[C@@H]1N2C)C(=O)O. The van der Waals surface area contributed by atoms with Crippen molar-refractivity contribution in [1.82, 2.24) is 15.5 Å². The van der Waals surface area contributed by atoms with Crippen molar-refractivity contribution in [1.29, 1.82) is 0 Å². The molecule has 1 fully saturated rings. The van der Waals surface area contributed by atoms with E-state index >= 15 is 0 Å². The number of rotatable bonds is 6. The van der Waals surface area contributed by atoms with E-state index < -0.39 is 12.1 Å². The third-order valence-electron chi connectivity index (χ3n) is 6.33. The first-order valence-electron chi connectivity index (χ1n) is 10.2. The fourth-order valence-corrected chi connectivity index (χ4v) is 4.44. The Kier molecular flexibility index (Phi) is 5.84. The molecule has 0 radical (unpaired) electrons. The third kappa shape index (κ3) is 3.68. The van der Waals surface area contributed by atoms with E-state index in [2.05, 4.69) is 47.7 Å². The predicted molar refractivity (Wildman–Crippen MR) is 110 cm³/mol. The molecule has 7 heteroatoms. The van der Waals surface area contributed by atoms with Gasteiger partial charge in [-0.1, -0.05) is 26.0 Å². The molecule has 2 aliphatic heterocycles. The lowest BCUT2D eigenvalue weighted by atomic mass is 9.80. The molecule has 3 atom stereocenters. The number of carbonyl (C=O) groups is 2. The second-order valence-electron chi connectivity index (χ2n) is 8.28. The monoisotopic (exact) mass is 388 g/mol. The summed E-state index contributed by atoms with van der Waals surface area (Å²) in [6, 6.07) is 5.97. The van der Waals surface area contributed by atoms with Crippen LogP contribution in [0.3, 0.4) is 0 Å². The number of fused-ring (bicyclic) bond motifs is 3. The van der Waals surface area contributed by atoms with Gasteiger partial charge in [0.1, 0.15) is 0 Å². The highest BCUT2D eigenvalue weighted by atomic mass is 16.4. The minimum absolute atomic E-state index is 0.0447. The van der Waals surface area contributed by atoms with Crippen molar-refractivity contribution in [2.45, 2.75) is 64.1 Å². The maximum atomic E-state index is 12.2. The summed E-state index contributed by atoms with van der Waals surface area (Å²) in [6.07, 6.45) is 2.35. The molecule has 28 heavy (non-hydrogen) atoms. The molecule has 0 aromatic heterocycles. The molecule has 2 heterocycles. The summed E-state index contributed by atoms with van der Waals surface area (Å²) < 4.78 is 0. The lowest BCUT2D eigenvalue weighted by Gasteiger charge is -2.27. The minimum atomic E-state index is -1.20. The number of anilines is 1. The van der Waals surface area contributed by atoms with Crippen molar-refractivity contribution >= 4 is 17.8 Å². The Morgan fingerprint density at radius 3 is 2.89 bits per heavy atom. The molecule has 1 saturated heterocycles. The average Bonchev–Trinajstić information content (AvgIpc) is 3.14. The fraction of sp³-hybridized carbons (Fsp3) is 0.619. The standard InChI is InChI=1S/C21H32N4O3/c1-5-14(2)23-19(26)25(20(27)28)12-6-7-15-8-9-17-16(13-15)21(3)10-11-22-18(21)24(17)4/h8-9,13-14,18,22H,5-7,10-12H2,1-4H3,(H,23,26)(H,27,28)/t14?,18-,21+/m1/s1. The van der Waals surface area contributed by atoms with Gasteiger partial charge in [-0.25, -0.2) is 14.5 Å². The lowest BCUT2D eigenvalue weighted by molar-refractivity contribution is 0.146. The van der Waals surface area contributed by atoms with E-state index in [1.165, 1.54) is 16.8 Å². The van der Waals surface area contributed by atoms with Gasteiger partial charge in [0.25, 0.3) is 0 Å². The lowest BCUT2D eigenvalue weighted by Crippen LogP contribution is -2.46. The zero-order valence-corrected chi connectivity index (χ0v) is 17.3. The predicted octanol–water partition coefficient (Wildman–Crippen LogP) is 3.13. The smallest absolute Gasteiger partial charge is 0.415 e. The topological polar surface area (TPSA) is 84.9 Å². The molecule has 0 spiro atoms. The molecule has 0 bridgehead atoms. The van der Waals surface area contributed by atoms with Gasteiger partial charge in [-0.2, -0.15) is 0 Å². The Hall–Kier alpha value is -2.28. The highest BCUT2D eigenvalue weighted by Crippen LogP contribution is 2.48. The van der Waals surface area contributed by atoms with Gasteiger partial charge in [-0.15, -0.1) is 0 Å². The fourth-order valence-electron chi connectivity index (χ4n) is 4.44. The molecule has 0 aliphatic carbocycles.